The second-order valence-electron chi connectivity index (χ2n) is 6.00. The number of aliphatic hydroxyl groups is 1. The minimum absolute atomic E-state index is 0.448. The Morgan fingerprint density at radius 3 is 2.53 bits per heavy atom. The summed E-state index contributed by atoms with van der Waals surface area (Å²) in [4.78, 5) is 2.42. The van der Waals surface area contributed by atoms with E-state index in [1.54, 1.807) is 6.07 Å². The highest BCUT2D eigenvalue weighted by molar-refractivity contribution is 5.41. The molecule has 19 heavy (non-hydrogen) atoms. The molecule has 2 fully saturated rings. The van der Waals surface area contributed by atoms with Crippen LogP contribution in [0.1, 0.15) is 43.2 Å². The minimum atomic E-state index is -0.825. The summed E-state index contributed by atoms with van der Waals surface area (Å²) in [7, 11) is 2.17. The number of nitrogens with zero attached hydrogens (tertiary/aromatic N) is 2. The van der Waals surface area contributed by atoms with Crippen LogP contribution in [0.4, 0.5) is 0 Å². The molecule has 0 spiro atoms. The van der Waals surface area contributed by atoms with Crippen molar-refractivity contribution in [2.24, 2.45) is 0 Å². The van der Waals surface area contributed by atoms with Crippen LogP contribution in [-0.2, 0) is 5.60 Å². The maximum atomic E-state index is 11.1. The van der Waals surface area contributed by atoms with Gasteiger partial charge in [0.1, 0.15) is 0 Å². The van der Waals surface area contributed by atoms with Gasteiger partial charge in [0, 0.05) is 17.6 Å². The van der Waals surface area contributed by atoms with Crippen molar-refractivity contribution in [3.8, 4) is 6.07 Å². The summed E-state index contributed by atoms with van der Waals surface area (Å²) < 4.78 is 0. The van der Waals surface area contributed by atoms with Crippen molar-refractivity contribution in [2.75, 3.05) is 7.05 Å². The molecular formula is C16H20N2O. The SMILES string of the molecule is CN1C2CCCC1CC(O)(c1ccccc1C#N)C2. The Labute approximate surface area is 114 Å². The normalized spacial score (nSPS) is 34.8. The van der Waals surface area contributed by atoms with E-state index in [1.165, 1.54) is 6.42 Å². The third-order valence-electron chi connectivity index (χ3n) is 4.92. The largest absolute Gasteiger partial charge is 0.385 e. The summed E-state index contributed by atoms with van der Waals surface area (Å²) in [6, 6.07) is 10.6. The topological polar surface area (TPSA) is 47.3 Å². The summed E-state index contributed by atoms with van der Waals surface area (Å²) in [5, 5.41) is 20.3. The van der Waals surface area contributed by atoms with Gasteiger partial charge in [-0.3, -0.25) is 0 Å². The summed E-state index contributed by atoms with van der Waals surface area (Å²) >= 11 is 0. The van der Waals surface area contributed by atoms with Crippen LogP contribution in [0.25, 0.3) is 0 Å². The summed E-state index contributed by atoms with van der Waals surface area (Å²) in [5.74, 6) is 0. The Bertz CT molecular complexity index is 506. The Morgan fingerprint density at radius 1 is 1.26 bits per heavy atom. The van der Waals surface area contributed by atoms with Gasteiger partial charge in [-0.05, 0) is 38.8 Å². The van der Waals surface area contributed by atoms with E-state index in [-0.39, 0.29) is 0 Å². The van der Waals surface area contributed by atoms with Crippen LogP contribution in [0, 0.1) is 11.3 Å². The molecular weight excluding hydrogens is 236 g/mol. The fourth-order valence-electron chi connectivity index (χ4n) is 3.86. The number of fused-ring (bicyclic) bond motifs is 2. The molecule has 0 aromatic heterocycles. The lowest BCUT2D eigenvalue weighted by atomic mass is 9.72. The molecule has 100 valence electrons. The average Bonchev–Trinajstić information content (AvgIpc) is 2.41. The van der Waals surface area contributed by atoms with Crippen LogP contribution < -0.4 is 0 Å². The van der Waals surface area contributed by atoms with E-state index in [9.17, 15) is 10.4 Å². The predicted molar refractivity (Wildman–Crippen MR) is 73.5 cm³/mol. The highest BCUT2D eigenvalue weighted by atomic mass is 16.3. The zero-order valence-corrected chi connectivity index (χ0v) is 11.3. The van der Waals surface area contributed by atoms with Crippen LogP contribution in [0.5, 0.6) is 0 Å². The van der Waals surface area contributed by atoms with E-state index in [0.717, 1.165) is 31.2 Å². The van der Waals surface area contributed by atoms with Crippen molar-refractivity contribution in [1.82, 2.24) is 4.90 Å². The van der Waals surface area contributed by atoms with Crippen LogP contribution in [0.15, 0.2) is 24.3 Å². The molecule has 0 saturated carbocycles. The maximum Gasteiger partial charge on any atom is 0.0995 e. The van der Waals surface area contributed by atoms with Gasteiger partial charge in [0.2, 0.25) is 0 Å². The number of benzene rings is 1. The van der Waals surface area contributed by atoms with Crippen molar-refractivity contribution in [3.05, 3.63) is 35.4 Å². The molecule has 2 aliphatic heterocycles. The van der Waals surface area contributed by atoms with Gasteiger partial charge in [0.05, 0.1) is 17.2 Å². The summed E-state index contributed by atoms with van der Waals surface area (Å²) in [6.07, 6.45) is 5.07. The first kappa shape index (κ1) is 12.7. The van der Waals surface area contributed by atoms with E-state index in [0.29, 0.717) is 17.6 Å². The zero-order chi connectivity index (χ0) is 13.5. The monoisotopic (exact) mass is 256 g/mol. The lowest BCUT2D eigenvalue weighted by Gasteiger charge is -2.51. The van der Waals surface area contributed by atoms with Crippen molar-refractivity contribution in [1.29, 1.82) is 5.26 Å². The van der Waals surface area contributed by atoms with Gasteiger partial charge in [-0.25, -0.2) is 0 Å². The lowest BCUT2D eigenvalue weighted by Crippen LogP contribution is -2.55. The molecule has 1 aromatic rings. The van der Waals surface area contributed by atoms with Crippen LogP contribution in [0.2, 0.25) is 0 Å². The van der Waals surface area contributed by atoms with Gasteiger partial charge in [-0.15, -0.1) is 0 Å². The standard InChI is InChI=1S/C16H20N2O/c1-18-13-6-4-7-14(18)10-16(19,9-13)15-8-3-2-5-12(15)11-17/h2-3,5,8,13-14,19H,4,6-7,9-10H2,1H3. The molecule has 2 unspecified atom stereocenters. The molecule has 3 nitrogen and oxygen atoms in total. The predicted octanol–water partition coefficient (Wildman–Crippen LogP) is 2.39. The quantitative estimate of drug-likeness (QED) is 0.839. The summed E-state index contributed by atoms with van der Waals surface area (Å²) in [5.41, 5.74) is 0.615. The number of rotatable bonds is 1. The highest BCUT2D eigenvalue weighted by Crippen LogP contribution is 2.44. The molecule has 3 heteroatoms. The van der Waals surface area contributed by atoms with Crippen LogP contribution >= 0.6 is 0 Å². The maximum absolute atomic E-state index is 11.1. The van der Waals surface area contributed by atoms with Crippen LogP contribution in [-0.4, -0.2) is 29.1 Å². The molecule has 2 heterocycles. The number of hydrogen-bond donors (Lipinski definition) is 1. The van der Waals surface area contributed by atoms with Gasteiger partial charge < -0.3 is 10.0 Å². The fraction of sp³-hybridized carbons (Fsp3) is 0.562. The third kappa shape index (κ3) is 2.05. The molecule has 2 bridgehead atoms. The number of piperidine rings is 2. The molecule has 0 aliphatic carbocycles. The van der Waals surface area contributed by atoms with Crippen molar-refractivity contribution < 1.29 is 5.11 Å². The first-order valence-electron chi connectivity index (χ1n) is 7.08. The van der Waals surface area contributed by atoms with E-state index >= 15 is 0 Å². The first-order valence-corrected chi connectivity index (χ1v) is 7.08. The molecule has 3 rings (SSSR count). The van der Waals surface area contributed by atoms with E-state index in [2.05, 4.69) is 18.0 Å². The molecule has 1 aromatic carbocycles. The van der Waals surface area contributed by atoms with Crippen molar-refractivity contribution in [2.45, 2.75) is 49.8 Å². The molecule has 0 amide bonds. The van der Waals surface area contributed by atoms with Gasteiger partial charge in [0.15, 0.2) is 0 Å². The van der Waals surface area contributed by atoms with E-state index in [4.69, 9.17) is 0 Å². The Hall–Kier alpha value is -1.37. The average molecular weight is 256 g/mol. The molecule has 0 radical (unpaired) electrons. The number of nitriles is 1. The van der Waals surface area contributed by atoms with Crippen molar-refractivity contribution in [3.63, 3.8) is 0 Å². The molecule has 2 aliphatic rings. The van der Waals surface area contributed by atoms with E-state index < -0.39 is 5.60 Å². The summed E-state index contributed by atoms with van der Waals surface area (Å²) in [6.45, 7) is 0. The molecule has 2 atom stereocenters. The third-order valence-corrected chi connectivity index (χ3v) is 4.92. The highest BCUT2D eigenvalue weighted by Gasteiger charge is 2.45. The van der Waals surface area contributed by atoms with Crippen molar-refractivity contribution >= 4 is 0 Å². The fourth-order valence-corrected chi connectivity index (χ4v) is 3.86. The Morgan fingerprint density at radius 2 is 1.89 bits per heavy atom. The van der Waals surface area contributed by atoms with Crippen LogP contribution in [0.3, 0.4) is 0 Å². The van der Waals surface area contributed by atoms with Gasteiger partial charge in [0.25, 0.3) is 0 Å². The smallest absolute Gasteiger partial charge is 0.0995 e. The second kappa shape index (κ2) is 4.63. The first-order chi connectivity index (χ1) is 9.14. The van der Waals surface area contributed by atoms with Gasteiger partial charge in [-0.2, -0.15) is 5.26 Å². The zero-order valence-electron chi connectivity index (χ0n) is 11.3. The van der Waals surface area contributed by atoms with Gasteiger partial charge in [-0.1, -0.05) is 24.6 Å². The minimum Gasteiger partial charge on any atom is -0.385 e. The molecule has 1 N–H and O–H groups in total. The lowest BCUT2D eigenvalue weighted by molar-refractivity contribution is -0.0876. The Kier molecular flexibility index (Phi) is 3.08. The Balaban J connectivity index is 1.98. The van der Waals surface area contributed by atoms with E-state index in [1.807, 2.05) is 18.2 Å². The second-order valence-corrected chi connectivity index (χ2v) is 6.00. The number of hydrogen-bond acceptors (Lipinski definition) is 3. The van der Waals surface area contributed by atoms with Gasteiger partial charge >= 0.3 is 0 Å². The molecule has 2 saturated heterocycles.